The SMILES string of the molecule is CN(CCC1CCCCN1)C(=O)c1cnn(C)c1. The predicted molar refractivity (Wildman–Crippen MR) is 70.4 cm³/mol. The number of nitrogens with one attached hydrogen (secondary N) is 1. The van der Waals surface area contributed by atoms with E-state index in [2.05, 4.69) is 10.4 Å². The second kappa shape index (κ2) is 6.00. The van der Waals surface area contributed by atoms with Crippen LogP contribution in [-0.2, 0) is 7.05 Å². The Balaban J connectivity index is 1.80. The van der Waals surface area contributed by atoms with Gasteiger partial charge in [-0.05, 0) is 25.8 Å². The molecule has 1 aliphatic rings. The lowest BCUT2D eigenvalue weighted by atomic mass is 10.0. The molecule has 1 aromatic heterocycles. The normalized spacial score (nSPS) is 19.8. The van der Waals surface area contributed by atoms with E-state index in [1.807, 2.05) is 14.1 Å². The molecule has 1 aromatic rings. The maximum Gasteiger partial charge on any atom is 0.256 e. The highest BCUT2D eigenvalue weighted by atomic mass is 16.2. The summed E-state index contributed by atoms with van der Waals surface area (Å²) >= 11 is 0. The number of carbonyl (C=O) groups excluding carboxylic acids is 1. The summed E-state index contributed by atoms with van der Waals surface area (Å²) < 4.78 is 1.66. The molecule has 0 saturated carbocycles. The van der Waals surface area contributed by atoms with Gasteiger partial charge in [-0.3, -0.25) is 9.48 Å². The average molecular weight is 250 g/mol. The maximum absolute atomic E-state index is 12.1. The zero-order chi connectivity index (χ0) is 13.0. The van der Waals surface area contributed by atoms with Crippen molar-refractivity contribution in [2.24, 2.45) is 7.05 Å². The van der Waals surface area contributed by atoms with Crippen LogP contribution in [0, 0.1) is 0 Å². The van der Waals surface area contributed by atoms with Crippen LogP contribution in [0.3, 0.4) is 0 Å². The van der Waals surface area contributed by atoms with Crippen LogP contribution in [0.2, 0.25) is 0 Å². The second-order valence-corrected chi connectivity index (χ2v) is 5.06. The van der Waals surface area contributed by atoms with Gasteiger partial charge in [-0.2, -0.15) is 5.10 Å². The molecule has 0 radical (unpaired) electrons. The zero-order valence-corrected chi connectivity index (χ0v) is 11.2. The van der Waals surface area contributed by atoms with Gasteiger partial charge in [0.25, 0.3) is 5.91 Å². The van der Waals surface area contributed by atoms with Gasteiger partial charge in [0.15, 0.2) is 0 Å². The van der Waals surface area contributed by atoms with Crippen molar-refractivity contribution in [2.75, 3.05) is 20.1 Å². The van der Waals surface area contributed by atoms with Gasteiger partial charge >= 0.3 is 0 Å². The van der Waals surface area contributed by atoms with Crippen molar-refractivity contribution in [2.45, 2.75) is 31.7 Å². The Morgan fingerprint density at radius 1 is 1.61 bits per heavy atom. The van der Waals surface area contributed by atoms with Crippen molar-refractivity contribution in [3.8, 4) is 0 Å². The summed E-state index contributed by atoms with van der Waals surface area (Å²) in [4.78, 5) is 13.9. The van der Waals surface area contributed by atoms with Gasteiger partial charge < -0.3 is 10.2 Å². The van der Waals surface area contributed by atoms with Crippen LogP contribution >= 0.6 is 0 Å². The summed E-state index contributed by atoms with van der Waals surface area (Å²) in [5.74, 6) is 0.0545. The molecule has 2 heterocycles. The number of aryl methyl sites for hydroxylation is 1. The summed E-state index contributed by atoms with van der Waals surface area (Å²) in [7, 11) is 3.68. The molecule has 1 atom stereocenters. The molecule has 2 rings (SSSR count). The third kappa shape index (κ3) is 3.32. The molecule has 1 saturated heterocycles. The van der Waals surface area contributed by atoms with E-state index in [0.717, 1.165) is 19.5 Å². The molecule has 0 spiro atoms. The highest BCUT2D eigenvalue weighted by Gasteiger charge is 2.17. The van der Waals surface area contributed by atoms with E-state index in [1.165, 1.54) is 19.3 Å². The van der Waals surface area contributed by atoms with E-state index in [0.29, 0.717) is 11.6 Å². The summed E-state index contributed by atoms with van der Waals surface area (Å²) in [5, 5.41) is 7.53. The van der Waals surface area contributed by atoms with Gasteiger partial charge in [0.1, 0.15) is 0 Å². The molecule has 1 unspecified atom stereocenters. The molecule has 1 fully saturated rings. The first-order valence-corrected chi connectivity index (χ1v) is 6.64. The largest absolute Gasteiger partial charge is 0.342 e. The maximum atomic E-state index is 12.1. The van der Waals surface area contributed by atoms with Gasteiger partial charge in [0, 0.05) is 32.9 Å². The van der Waals surface area contributed by atoms with Crippen molar-refractivity contribution in [1.82, 2.24) is 20.0 Å². The second-order valence-electron chi connectivity index (χ2n) is 5.06. The van der Waals surface area contributed by atoms with Gasteiger partial charge in [-0.1, -0.05) is 6.42 Å². The first-order chi connectivity index (χ1) is 8.66. The molecule has 1 aliphatic heterocycles. The number of amides is 1. The topological polar surface area (TPSA) is 50.2 Å². The van der Waals surface area contributed by atoms with Crippen LogP contribution < -0.4 is 5.32 Å². The lowest BCUT2D eigenvalue weighted by Gasteiger charge is -2.25. The van der Waals surface area contributed by atoms with Crippen molar-refractivity contribution in [3.05, 3.63) is 18.0 Å². The van der Waals surface area contributed by atoms with Gasteiger partial charge in [-0.15, -0.1) is 0 Å². The summed E-state index contributed by atoms with van der Waals surface area (Å²) in [5.41, 5.74) is 0.664. The predicted octanol–water partition coefficient (Wildman–Crippen LogP) is 1.02. The van der Waals surface area contributed by atoms with Crippen molar-refractivity contribution < 1.29 is 4.79 Å². The van der Waals surface area contributed by atoms with E-state index in [1.54, 1.807) is 22.0 Å². The fourth-order valence-corrected chi connectivity index (χ4v) is 2.37. The fourth-order valence-electron chi connectivity index (χ4n) is 2.37. The molecule has 0 bridgehead atoms. The van der Waals surface area contributed by atoms with Crippen LogP contribution in [0.25, 0.3) is 0 Å². The Morgan fingerprint density at radius 3 is 3.06 bits per heavy atom. The molecule has 100 valence electrons. The minimum absolute atomic E-state index is 0.0545. The molecule has 1 N–H and O–H groups in total. The first kappa shape index (κ1) is 13.1. The number of rotatable bonds is 4. The molecule has 5 nitrogen and oxygen atoms in total. The van der Waals surface area contributed by atoms with Crippen LogP contribution in [0.5, 0.6) is 0 Å². The van der Waals surface area contributed by atoms with Crippen molar-refractivity contribution in [3.63, 3.8) is 0 Å². The van der Waals surface area contributed by atoms with Crippen molar-refractivity contribution in [1.29, 1.82) is 0 Å². The van der Waals surface area contributed by atoms with Crippen LogP contribution in [0.15, 0.2) is 12.4 Å². The number of carbonyl (C=O) groups is 1. The Hall–Kier alpha value is -1.36. The van der Waals surface area contributed by atoms with Crippen LogP contribution in [0.4, 0.5) is 0 Å². The highest BCUT2D eigenvalue weighted by molar-refractivity contribution is 5.93. The highest BCUT2D eigenvalue weighted by Crippen LogP contribution is 2.11. The molecule has 0 aliphatic carbocycles. The number of aromatic nitrogens is 2. The van der Waals surface area contributed by atoms with Gasteiger partial charge in [0.2, 0.25) is 0 Å². The first-order valence-electron chi connectivity index (χ1n) is 6.64. The smallest absolute Gasteiger partial charge is 0.256 e. The quantitative estimate of drug-likeness (QED) is 0.868. The number of nitrogens with zero attached hydrogens (tertiary/aromatic N) is 3. The minimum Gasteiger partial charge on any atom is -0.342 e. The minimum atomic E-state index is 0.0545. The molecular weight excluding hydrogens is 228 g/mol. The third-order valence-corrected chi connectivity index (χ3v) is 3.52. The average Bonchev–Trinajstić information content (AvgIpc) is 2.83. The van der Waals surface area contributed by atoms with Crippen LogP contribution in [0.1, 0.15) is 36.0 Å². The fraction of sp³-hybridized carbons (Fsp3) is 0.692. The van der Waals surface area contributed by atoms with Crippen LogP contribution in [-0.4, -0.2) is 46.8 Å². The number of hydrogen-bond donors (Lipinski definition) is 1. The molecule has 5 heteroatoms. The van der Waals surface area contributed by atoms with E-state index in [4.69, 9.17) is 0 Å². The Bertz CT molecular complexity index is 395. The summed E-state index contributed by atoms with van der Waals surface area (Å²) in [6.07, 6.45) is 8.23. The van der Waals surface area contributed by atoms with Crippen molar-refractivity contribution >= 4 is 5.91 Å². The zero-order valence-electron chi connectivity index (χ0n) is 11.2. The van der Waals surface area contributed by atoms with E-state index >= 15 is 0 Å². The molecule has 1 amide bonds. The Morgan fingerprint density at radius 2 is 2.44 bits per heavy atom. The summed E-state index contributed by atoms with van der Waals surface area (Å²) in [6, 6.07) is 0.572. The Labute approximate surface area is 108 Å². The molecule has 0 aromatic carbocycles. The Kier molecular flexibility index (Phi) is 4.36. The lowest BCUT2D eigenvalue weighted by Crippen LogP contribution is -2.38. The number of piperidine rings is 1. The summed E-state index contributed by atoms with van der Waals surface area (Å²) in [6.45, 7) is 1.91. The molecular formula is C13H22N4O. The standard InChI is InChI=1S/C13H22N4O/c1-16(8-6-12-5-3-4-7-14-12)13(18)11-9-15-17(2)10-11/h9-10,12,14H,3-8H2,1-2H3. The van der Waals surface area contributed by atoms with E-state index in [-0.39, 0.29) is 5.91 Å². The monoisotopic (exact) mass is 250 g/mol. The van der Waals surface area contributed by atoms with Gasteiger partial charge in [0.05, 0.1) is 11.8 Å². The number of hydrogen-bond acceptors (Lipinski definition) is 3. The van der Waals surface area contributed by atoms with E-state index in [9.17, 15) is 4.79 Å². The third-order valence-electron chi connectivity index (χ3n) is 3.52. The lowest BCUT2D eigenvalue weighted by molar-refractivity contribution is 0.0788. The molecule has 18 heavy (non-hydrogen) atoms. The van der Waals surface area contributed by atoms with E-state index < -0.39 is 0 Å². The van der Waals surface area contributed by atoms with Gasteiger partial charge in [-0.25, -0.2) is 0 Å².